The Labute approximate surface area is 120 Å². The average molecular weight is 284 g/mol. The fourth-order valence-electron chi connectivity index (χ4n) is 2.20. The normalized spacial score (nSPS) is 11.3. The van der Waals surface area contributed by atoms with Crippen molar-refractivity contribution in [1.29, 1.82) is 0 Å². The molecule has 0 radical (unpaired) electrons. The largest absolute Gasteiger partial charge is 1.00 e. The number of unbranched alkanes of at least 4 members (excludes halogenated alkanes) is 4. The van der Waals surface area contributed by atoms with Gasteiger partial charge in [0.05, 0.1) is 19.6 Å². The van der Waals surface area contributed by atoms with Crippen LogP contribution in [0.4, 0.5) is 0 Å². The minimum absolute atomic E-state index is 0. The predicted molar refractivity (Wildman–Crippen MR) is 74.9 cm³/mol. The monoisotopic (exact) mass is 283 g/mol. The predicted octanol–water partition coefficient (Wildman–Crippen LogP) is 1.79. The van der Waals surface area contributed by atoms with E-state index in [1.165, 1.54) is 64.6 Å². The van der Waals surface area contributed by atoms with Crippen molar-refractivity contribution in [2.45, 2.75) is 65.7 Å². The molecular formula is C14H31Cl2N. The molecule has 1 nitrogen and oxygen atoms in total. The summed E-state index contributed by atoms with van der Waals surface area (Å²) in [7, 11) is 0. The van der Waals surface area contributed by atoms with Gasteiger partial charge in [0.1, 0.15) is 0 Å². The second kappa shape index (κ2) is 13.0. The molecule has 0 N–H and O–H groups in total. The molecule has 0 aromatic carbocycles. The summed E-state index contributed by atoms with van der Waals surface area (Å²) >= 11 is 6.25. The Morgan fingerprint density at radius 2 is 1.12 bits per heavy atom. The first-order valence-electron chi connectivity index (χ1n) is 7.15. The molecule has 0 aromatic heterocycles. The number of alkyl halides is 1. The zero-order valence-electron chi connectivity index (χ0n) is 12.0. The van der Waals surface area contributed by atoms with Crippen LogP contribution in [0.25, 0.3) is 0 Å². The molecule has 0 aromatic rings. The van der Waals surface area contributed by atoms with Gasteiger partial charge in [-0.1, -0.05) is 51.6 Å². The number of hydrogen-bond donors (Lipinski definition) is 0. The molecule has 3 heteroatoms. The van der Waals surface area contributed by atoms with Crippen molar-refractivity contribution in [3.63, 3.8) is 0 Å². The molecule has 17 heavy (non-hydrogen) atoms. The van der Waals surface area contributed by atoms with Crippen LogP contribution >= 0.6 is 11.6 Å². The molecule has 0 heterocycles. The molecule has 0 atom stereocenters. The van der Waals surface area contributed by atoms with Gasteiger partial charge < -0.3 is 16.9 Å². The van der Waals surface area contributed by atoms with E-state index >= 15 is 0 Å². The summed E-state index contributed by atoms with van der Waals surface area (Å²) in [5.41, 5.74) is 0. The average Bonchev–Trinajstić information content (AvgIpc) is 2.32. The maximum absolute atomic E-state index is 6.25. The number of rotatable bonds is 11. The molecule has 0 rings (SSSR count). The Hall–Kier alpha value is 0.540. The van der Waals surface area contributed by atoms with Gasteiger partial charge in [-0.2, -0.15) is 0 Å². The van der Waals surface area contributed by atoms with E-state index in [9.17, 15) is 0 Å². The lowest BCUT2D eigenvalue weighted by Gasteiger charge is -2.37. The molecule has 0 saturated heterocycles. The highest BCUT2D eigenvalue weighted by atomic mass is 35.5. The Bertz CT molecular complexity index is 143. The Morgan fingerprint density at radius 3 is 1.47 bits per heavy atom. The van der Waals surface area contributed by atoms with Gasteiger partial charge in [0.2, 0.25) is 0 Å². The van der Waals surface area contributed by atoms with E-state index in [1.54, 1.807) is 0 Å². The third-order valence-corrected chi connectivity index (χ3v) is 3.97. The van der Waals surface area contributed by atoms with Crippen molar-refractivity contribution in [1.82, 2.24) is 0 Å². The summed E-state index contributed by atoms with van der Waals surface area (Å²) in [6, 6.07) is 0.809. The van der Waals surface area contributed by atoms with Crippen LogP contribution < -0.4 is 12.4 Å². The zero-order valence-corrected chi connectivity index (χ0v) is 13.5. The standard InChI is InChI=1S/C14H31ClN.ClH/c1-4-7-10-13-16(14-15,11-8-5-2)12-9-6-3;/h4-14H2,1-3H3;1H/q+1;/p-1. The first-order valence-corrected chi connectivity index (χ1v) is 7.69. The SMILES string of the molecule is CCCCC[N+](CCl)(CCCC)CCCC.[Cl-]. The number of halogens is 2. The fraction of sp³-hybridized carbons (Fsp3) is 1.00. The third-order valence-electron chi connectivity index (χ3n) is 3.46. The van der Waals surface area contributed by atoms with Gasteiger partial charge in [0.15, 0.2) is 6.00 Å². The maximum Gasteiger partial charge on any atom is 0.154 e. The van der Waals surface area contributed by atoms with E-state index in [1.807, 2.05) is 0 Å². The van der Waals surface area contributed by atoms with E-state index in [4.69, 9.17) is 11.6 Å². The lowest BCUT2D eigenvalue weighted by atomic mass is 10.2. The van der Waals surface area contributed by atoms with Gasteiger partial charge in [0, 0.05) is 0 Å². The summed E-state index contributed by atoms with van der Waals surface area (Å²) in [4.78, 5) is 0. The minimum atomic E-state index is 0. The van der Waals surface area contributed by atoms with Crippen molar-refractivity contribution in [2.24, 2.45) is 0 Å². The Balaban J connectivity index is 0. The molecule has 0 aliphatic carbocycles. The molecule has 0 amide bonds. The quantitative estimate of drug-likeness (QED) is 0.235. The van der Waals surface area contributed by atoms with Crippen molar-refractivity contribution < 1.29 is 16.9 Å². The molecular weight excluding hydrogens is 253 g/mol. The van der Waals surface area contributed by atoms with Gasteiger partial charge in [0.25, 0.3) is 0 Å². The van der Waals surface area contributed by atoms with Gasteiger partial charge in [-0.15, -0.1) is 0 Å². The molecule has 0 aliphatic rings. The second-order valence-electron chi connectivity index (χ2n) is 5.05. The molecule has 0 aliphatic heterocycles. The Kier molecular flexibility index (Phi) is 15.2. The van der Waals surface area contributed by atoms with Crippen molar-refractivity contribution in [3.8, 4) is 0 Å². The van der Waals surface area contributed by atoms with E-state index < -0.39 is 0 Å². The van der Waals surface area contributed by atoms with E-state index in [-0.39, 0.29) is 12.4 Å². The van der Waals surface area contributed by atoms with Crippen LogP contribution in [0.1, 0.15) is 65.7 Å². The van der Waals surface area contributed by atoms with Gasteiger partial charge in [-0.25, -0.2) is 0 Å². The lowest BCUT2D eigenvalue weighted by molar-refractivity contribution is -0.918. The van der Waals surface area contributed by atoms with Crippen LogP contribution in [-0.4, -0.2) is 30.1 Å². The highest BCUT2D eigenvalue weighted by Crippen LogP contribution is 2.16. The first kappa shape index (κ1) is 19.9. The van der Waals surface area contributed by atoms with Crippen LogP contribution in [0.2, 0.25) is 0 Å². The highest BCUT2D eigenvalue weighted by Gasteiger charge is 2.24. The third kappa shape index (κ3) is 9.16. The van der Waals surface area contributed by atoms with E-state index in [0.717, 1.165) is 10.5 Å². The lowest BCUT2D eigenvalue weighted by Crippen LogP contribution is -3.00. The highest BCUT2D eigenvalue weighted by molar-refractivity contribution is 6.16. The second-order valence-corrected chi connectivity index (χ2v) is 5.29. The number of nitrogens with zero attached hydrogens (tertiary/aromatic N) is 1. The smallest absolute Gasteiger partial charge is 0.154 e. The van der Waals surface area contributed by atoms with Crippen molar-refractivity contribution in [2.75, 3.05) is 25.6 Å². The molecule has 0 bridgehead atoms. The number of quaternary nitrogens is 1. The Morgan fingerprint density at radius 1 is 0.706 bits per heavy atom. The fourth-order valence-corrected chi connectivity index (χ4v) is 2.56. The maximum atomic E-state index is 6.25. The van der Waals surface area contributed by atoms with Crippen molar-refractivity contribution >= 4 is 11.6 Å². The topological polar surface area (TPSA) is 0 Å². The first-order chi connectivity index (χ1) is 7.74. The molecule has 0 fully saturated rings. The van der Waals surface area contributed by atoms with Gasteiger partial charge in [-0.3, -0.25) is 0 Å². The summed E-state index contributed by atoms with van der Waals surface area (Å²) < 4.78 is 1.16. The van der Waals surface area contributed by atoms with Crippen LogP contribution in [-0.2, 0) is 0 Å². The molecule has 0 spiro atoms. The van der Waals surface area contributed by atoms with Crippen LogP contribution in [0.3, 0.4) is 0 Å². The van der Waals surface area contributed by atoms with E-state index in [2.05, 4.69) is 20.8 Å². The minimum Gasteiger partial charge on any atom is -1.00 e. The van der Waals surface area contributed by atoms with E-state index in [0.29, 0.717) is 0 Å². The summed E-state index contributed by atoms with van der Waals surface area (Å²) in [5.74, 6) is 0. The van der Waals surface area contributed by atoms with Crippen LogP contribution in [0.15, 0.2) is 0 Å². The summed E-state index contributed by atoms with van der Waals surface area (Å²) in [5, 5.41) is 0. The number of hydrogen-bond acceptors (Lipinski definition) is 0. The zero-order chi connectivity index (χ0) is 12.3. The molecule has 0 unspecified atom stereocenters. The summed E-state index contributed by atoms with van der Waals surface area (Å²) in [6.07, 6.45) is 9.23. The molecule has 0 saturated carbocycles. The van der Waals surface area contributed by atoms with Gasteiger partial charge in [-0.05, 0) is 25.7 Å². The van der Waals surface area contributed by atoms with Crippen LogP contribution in [0, 0.1) is 0 Å². The van der Waals surface area contributed by atoms with Gasteiger partial charge >= 0.3 is 0 Å². The van der Waals surface area contributed by atoms with Crippen molar-refractivity contribution in [3.05, 3.63) is 0 Å². The molecule has 106 valence electrons. The van der Waals surface area contributed by atoms with Crippen LogP contribution in [0.5, 0.6) is 0 Å². The summed E-state index contributed by atoms with van der Waals surface area (Å²) in [6.45, 7) is 10.7.